The third-order valence-electron chi connectivity index (χ3n) is 0.366. The van der Waals surface area contributed by atoms with Gasteiger partial charge in [0.05, 0.1) is 0 Å². The van der Waals surface area contributed by atoms with Crippen LogP contribution in [0.4, 0.5) is 0 Å². The molecular weight excluding hydrogens is 220 g/mol. The molecule has 0 amide bonds. The van der Waals surface area contributed by atoms with Gasteiger partial charge in [-0.1, -0.05) is 0 Å². The van der Waals surface area contributed by atoms with Gasteiger partial charge in [0.15, 0.2) is 0 Å². The van der Waals surface area contributed by atoms with Crippen LogP contribution in [-0.4, -0.2) is 49.8 Å². The number of hydrogen-bond acceptors (Lipinski definition) is 6. The molecule has 0 aliphatic rings. The normalized spacial score (nSPS) is 5.87. The van der Waals surface area contributed by atoms with Gasteiger partial charge in [-0.15, -0.1) is 0 Å². The maximum atomic E-state index is 9.10. The fourth-order valence-corrected chi connectivity index (χ4v) is 0. The molecule has 0 saturated carbocycles. The first kappa shape index (κ1) is 29.3. The highest BCUT2D eigenvalue weighted by Gasteiger charge is 2.04. The zero-order chi connectivity index (χ0) is 10.3. The number of aliphatic carboxylic acids is 4. The monoisotopic (exact) mass is 232 g/mol. The fourth-order valence-electron chi connectivity index (χ4n) is 0. The first-order chi connectivity index (χ1) is 5.29. The molecule has 15 heavy (non-hydrogen) atoms. The van der Waals surface area contributed by atoms with E-state index in [9.17, 15) is 0 Å². The Labute approximate surface area is 82.4 Å². The zero-order valence-electron chi connectivity index (χ0n) is 7.34. The first-order valence-electron chi connectivity index (χ1n) is 2.21. The van der Waals surface area contributed by atoms with Gasteiger partial charge in [0.25, 0.3) is 0 Å². The Kier molecular flexibility index (Phi) is 27.9. The predicted molar refractivity (Wildman–Crippen MR) is 44.2 cm³/mol. The summed E-state index contributed by atoms with van der Waals surface area (Å²) >= 11 is 0. The molecule has 0 spiro atoms. The van der Waals surface area contributed by atoms with E-state index in [1.807, 2.05) is 0 Å². The van der Waals surface area contributed by atoms with Crippen LogP contribution in [-0.2, 0) is 19.2 Å². The molecular formula is C4H12N2O9. The average Bonchev–Trinajstić information content (AvgIpc) is 1.88. The second-order valence-electron chi connectivity index (χ2n) is 1.22. The van der Waals surface area contributed by atoms with Crippen molar-refractivity contribution in [2.24, 2.45) is 0 Å². The first-order valence-corrected chi connectivity index (χ1v) is 2.21. The number of carboxylic acid groups (broad SMARTS) is 4. The molecule has 0 fully saturated rings. The van der Waals surface area contributed by atoms with Crippen molar-refractivity contribution >= 4 is 23.9 Å². The van der Waals surface area contributed by atoms with E-state index in [0.29, 0.717) is 0 Å². The van der Waals surface area contributed by atoms with Crippen LogP contribution in [0, 0.1) is 0 Å². The average molecular weight is 232 g/mol. The highest BCUT2D eigenvalue weighted by atomic mass is 16.4. The summed E-state index contributed by atoms with van der Waals surface area (Å²) in [6.07, 6.45) is 0. The second-order valence-corrected chi connectivity index (χ2v) is 1.22. The van der Waals surface area contributed by atoms with E-state index < -0.39 is 23.9 Å². The van der Waals surface area contributed by atoms with Gasteiger partial charge in [-0.3, -0.25) is 0 Å². The molecule has 11 heteroatoms. The van der Waals surface area contributed by atoms with Crippen molar-refractivity contribution in [2.45, 2.75) is 0 Å². The van der Waals surface area contributed by atoms with Gasteiger partial charge in [0.1, 0.15) is 0 Å². The molecule has 0 unspecified atom stereocenters. The molecule has 0 heterocycles. The Bertz CT molecular complexity index is 176. The van der Waals surface area contributed by atoms with Gasteiger partial charge in [0.2, 0.25) is 0 Å². The van der Waals surface area contributed by atoms with Crippen LogP contribution in [0.15, 0.2) is 0 Å². The lowest BCUT2D eigenvalue weighted by molar-refractivity contribution is -0.159. The fraction of sp³-hybridized carbons (Fsp3) is 0. The highest BCUT2D eigenvalue weighted by molar-refractivity contribution is 6.27. The van der Waals surface area contributed by atoms with Gasteiger partial charge in [-0.05, 0) is 0 Å². The SMILES string of the molecule is N.N.O.O=C(O)C(=O)O.O=C(O)C(=O)O. The van der Waals surface area contributed by atoms with Crippen LogP contribution in [0.5, 0.6) is 0 Å². The zero-order valence-corrected chi connectivity index (χ0v) is 7.34. The van der Waals surface area contributed by atoms with Crippen molar-refractivity contribution in [3.05, 3.63) is 0 Å². The van der Waals surface area contributed by atoms with Crippen LogP contribution in [0.1, 0.15) is 0 Å². The molecule has 0 aromatic rings. The Morgan fingerprint density at radius 1 is 0.533 bits per heavy atom. The molecule has 0 rings (SSSR count). The van der Waals surface area contributed by atoms with Crippen molar-refractivity contribution < 1.29 is 45.1 Å². The van der Waals surface area contributed by atoms with Crippen LogP contribution < -0.4 is 12.3 Å². The van der Waals surface area contributed by atoms with Crippen molar-refractivity contribution in [3.8, 4) is 0 Å². The lowest BCUT2D eigenvalue weighted by Crippen LogP contribution is -2.09. The smallest absolute Gasteiger partial charge is 0.414 e. The summed E-state index contributed by atoms with van der Waals surface area (Å²) in [5, 5.41) is 29.6. The van der Waals surface area contributed by atoms with Crippen molar-refractivity contribution in [1.82, 2.24) is 12.3 Å². The van der Waals surface area contributed by atoms with Crippen LogP contribution in [0.25, 0.3) is 0 Å². The number of carbonyl (C=O) groups is 4. The van der Waals surface area contributed by atoms with Gasteiger partial charge < -0.3 is 38.2 Å². The van der Waals surface area contributed by atoms with Gasteiger partial charge in [-0.2, -0.15) is 0 Å². The van der Waals surface area contributed by atoms with Crippen LogP contribution in [0.3, 0.4) is 0 Å². The van der Waals surface area contributed by atoms with Crippen molar-refractivity contribution in [2.75, 3.05) is 0 Å². The van der Waals surface area contributed by atoms with E-state index >= 15 is 0 Å². The minimum Gasteiger partial charge on any atom is -0.473 e. The summed E-state index contributed by atoms with van der Waals surface area (Å²) in [5.74, 6) is -7.30. The number of hydrogen-bond donors (Lipinski definition) is 6. The van der Waals surface area contributed by atoms with E-state index in [-0.39, 0.29) is 17.8 Å². The lowest BCUT2D eigenvalue weighted by Gasteiger charge is -1.72. The van der Waals surface area contributed by atoms with Crippen LogP contribution in [0.2, 0.25) is 0 Å². The molecule has 0 aromatic carbocycles. The van der Waals surface area contributed by atoms with Crippen LogP contribution >= 0.6 is 0 Å². The second kappa shape index (κ2) is 14.3. The summed E-state index contributed by atoms with van der Waals surface area (Å²) in [4.78, 5) is 36.4. The topological polar surface area (TPSA) is 251 Å². The number of carboxylic acids is 4. The van der Waals surface area contributed by atoms with E-state index in [4.69, 9.17) is 39.6 Å². The molecule has 0 aromatic heterocycles. The molecule has 0 bridgehead atoms. The largest absolute Gasteiger partial charge is 0.473 e. The van der Waals surface area contributed by atoms with E-state index in [0.717, 1.165) is 0 Å². The summed E-state index contributed by atoms with van der Waals surface area (Å²) in [5.41, 5.74) is 0. The Balaban J connectivity index is -0.0000000370. The van der Waals surface area contributed by atoms with Gasteiger partial charge in [0, 0.05) is 0 Å². The summed E-state index contributed by atoms with van der Waals surface area (Å²) < 4.78 is 0. The summed E-state index contributed by atoms with van der Waals surface area (Å²) in [6, 6.07) is 0. The quantitative estimate of drug-likeness (QED) is 0.246. The van der Waals surface area contributed by atoms with Gasteiger partial charge >= 0.3 is 23.9 Å². The van der Waals surface area contributed by atoms with Gasteiger partial charge in [-0.25, -0.2) is 19.2 Å². The molecule has 0 saturated heterocycles. The van der Waals surface area contributed by atoms with Crippen molar-refractivity contribution in [3.63, 3.8) is 0 Å². The Morgan fingerprint density at radius 3 is 0.600 bits per heavy atom. The predicted octanol–water partition coefficient (Wildman–Crippen LogP) is -2.19. The van der Waals surface area contributed by atoms with Crippen molar-refractivity contribution in [1.29, 1.82) is 0 Å². The lowest BCUT2D eigenvalue weighted by atomic mass is 10.7. The molecule has 0 aliphatic heterocycles. The molecule has 92 valence electrons. The summed E-state index contributed by atoms with van der Waals surface area (Å²) in [7, 11) is 0. The van der Waals surface area contributed by atoms with E-state index in [2.05, 4.69) is 0 Å². The number of rotatable bonds is 0. The third-order valence-corrected chi connectivity index (χ3v) is 0.366. The minimum atomic E-state index is -1.82. The molecule has 0 radical (unpaired) electrons. The summed E-state index contributed by atoms with van der Waals surface area (Å²) in [6.45, 7) is 0. The van der Waals surface area contributed by atoms with E-state index in [1.54, 1.807) is 0 Å². The van der Waals surface area contributed by atoms with E-state index in [1.165, 1.54) is 0 Å². The Hall–Kier alpha value is -2.24. The molecule has 0 atom stereocenters. The standard InChI is InChI=1S/2C2H2O4.2H3N.H2O/c2*3-1(4)2(5)6;;;/h2*(H,3,4)(H,5,6);2*1H3;1H2. The maximum absolute atomic E-state index is 9.10. The minimum absolute atomic E-state index is 0. The molecule has 11 nitrogen and oxygen atoms in total. The molecule has 12 N–H and O–H groups in total. The maximum Gasteiger partial charge on any atom is 0.414 e. The highest BCUT2D eigenvalue weighted by Crippen LogP contribution is 1.56. The third kappa shape index (κ3) is 33.8. The molecule has 0 aliphatic carbocycles. The Morgan fingerprint density at radius 2 is 0.600 bits per heavy atom.